The summed E-state index contributed by atoms with van der Waals surface area (Å²) in [4.78, 5) is 14.5. The molecule has 1 unspecified atom stereocenters. The Hall–Kier alpha value is -0.610. The van der Waals surface area contributed by atoms with Gasteiger partial charge in [-0.1, -0.05) is 13.8 Å². The molecule has 0 heterocycles. The maximum absolute atomic E-state index is 12.2. The van der Waals surface area contributed by atoms with Gasteiger partial charge in [-0.3, -0.25) is 10.1 Å². The highest BCUT2D eigenvalue weighted by Crippen LogP contribution is 2.25. The monoisotopic (exact) mass is 284 g/mol. The summed E-state index contributed by atoms with van der Waals surface area (Å²) in [5.74, 6) is 0.583. The maximum atomic E-state index is 12.2. The van der Waals surface area contributed by atoms with E-state index in [1.54, 1.807) is 0 Å². The minimum Gasteiger partial charge on any atom is -0.465 e. The predicted octanol–water partition coefficient (Wildman–Crippen LogP) is 2.43. The van der Waals surface area contributed by atoms with Crippen LogP contribution in [0.4, 0.5) is 0 Å². The van der Waals surface area contributed by atoms with Crippen molar-refractivity contribution in [3.05, 3.63) is 0 Å². The average molecular weight is 284 g/mol. The number of carbonyl (C=O) groups is 1. The van der Waals surface area contributed by atoms with Crippen LogP contribution >= 0.6 is 0 Å². The fourth-order valence-corrected chi connectivity index (χ4v) is 2.62. The lowest BCUT2D eigenvalue weighted by molar-refractivity contribution is -0.151. The minimum absolute atomic E-state index is 0.0987. The second kappa shape index (κ2) is 7.99. The van der Waals surface area contributed by atoms with Gasteiger partial charge in [-0.05, 0) is 59.0 Å². The number of hydrogen-bond donors (Lipinski definition) is 1. The van der Waals surface area contributed by atoms with E-state index in [0.29, 0.717) is 18.6 Å². The summed E-state index contributed by atoms with van der Waals surface area (Å²) in [7, 11) is 2.15. The summed E-state index contributed by atoms with van der Waals surface area (Å²) in [6.07, 6.45) is 4.22. The van der Waals surface area contributed by atoms with Gasteiger partial charge in [0, 0.05) is 12.6 Å². The Morgan fingerprint density at radius 2 is 2.10 bits per heavy atom. The van der Waals surface area contributed by atoms with Crippen molar-refractivity contribution in [1.82, 2.24) is 10.2 Å². The zero-order valence-corrected chi connectivity index (χ0v) is 13.9. The second-order valence-corrected chi connectivity index (χ2v) is 6.73. The predicted molar refractivity (Wildman–Crippen MR) is 82.8 cm³/mol. The van der Waals surface area contributed by atoms with Crippen molar-refractivity contribution < 1.29 is 9.53 Å². The molecule has 1 rings (SSSR count). The molecule has 0 amide bonds. The molecule has 0 aromatic heterocycles. The van der Waals surface area contributed by atoms with Crippen molar-refractivity contribution >= 4 is 5.97 Å². The van der Waals surface area contributed by atoms with E-state index in [9.17, 15) is 4.79 Å². The number of rotatable bonds is 10. The molecular weight excluding hydrogens is 252 g/mol. The first kappa shape index (κ1) is 17.4. The van der Waals surface area contributed by atoms with Gasteiger partial charge in [0.25, 0.3) is 0 Å². The normalized spacial score (nSPS) is 18.4. The molecule has 118 valence electrons. The minimum atomic E-state index is -0.518. The third kappa shape index (κ3) is 6.23. The quantitative estimate of drug-likeness (QED) is 0.626. The van der Waals surface area contributed by atoms with E-state index in [1.165, 1.54) is 12.8 Å². The van der Waals surface area contributed by atoms with Gasteiger partial charge in [0.05, 0.1) is 6.61 Å². The Morgan fingerprint density at radius 3 is 2.60 bits per heavy atom. The topological polar surface area (TPSA) is 41.6 Å². The third-order valence-electron chi connectivity index (χ3n) is 3.72. The van der Waals surface area contributed by atoms with Gasteiger partial charge in [-0.2, -0.15) is 0 Å². The molecule has 1 N–H and O–H groups in total. The van der Waals surface area contributed by atoms with Gasteiger partial charge in [-0.25, -0.2) is 0 Å². The zero-order valence-electron chi connectivity index (χ0n) is 13.9. The lowest BCUT2D eigenvalue weighted by Gasteiger charge is -2.29. The standard InChI is InChI=1S/C16H32N2O2/c1-6-20-15(19)16(4,17-14-8-9-14)10-7-11-18(5)12-13(2)3/h13-14,17H,6-12H2,1-5H3. The van der Waals surface area contributed by atoms with Gasteiger partial charge in [0.15, 0.2) is 0 Å². The van der Waals surface area contributed by atoms with Gasteiger partial charge in [-0.15, -0.1) is 0 Å². The van der Waals surface area contributed by atoms with Gasteiger partial charge in [0.1, 0.15) is 5.54 Å². The van der Waals surface area contributed by atoms with Crippen LogP contribution in [-0.4, -0.2) is 49.2 Å². The van der Waals surface area contributed by atoms with Gasteiger partial charge in [0.2, 0.25) is 0 Å². The molecule has 1 aliphatic carbocycles. The molecule has 4 heteroatoms. The van der Waals surface area contributed by atoms with Crippen LogP contribution in [0.2, 0.25) is 0 Å². The second-order valence-electron chi connectivity index (χ2n) is 6.73. The summed E-state index contributed by atoms with van der Waals surface area (Å²) < 4.78 is 5.24. The smallest absolute Gasteiger partial charge is 0.326 e. The van der Waals surface area contributed by atoms with Crippen LogP contribution in [0, 0.1) is 5.92 Å². The van der Waals surface area contributed by atoms with E-state index in [2.05, 4.69) is 31.1 Å². The highest BCUT2D eigenvalue weighted by atomic mass is 16.5. The summed E-state index contributed by atoms with van der Waals surface area (Å²) in [6, 6.07) is 0.512. The molecule has 1 atom stereocenters. The van der Waals surface area contributed by atoms with Gasteiger partial charge >= 0.3 is 5.97 Å². The summed E-state index contributed by atoms with van der Waals surface area (Å²) >= 11 is 0. The molecule has 0 aliphatic heterocycles. The largest absolute Gasteiger partial charge is 0.465 e. The van der Waals surface area contributed by atoms with E-state index >= 15 is 0 Å². The van der Waals surface area contributed by atoms with Crippen molar-refractivity contribution in [2.75, 3.05) is 26.7 Å². The first-order chi connectivity index (χ1) is 9.37. The number of hydrogen-bond acceptors (Lipinski definition) is 4. The number of carbonyl (C=O) groups excluding carboxylic acids is 1. The molecule has 4 nitrogen and oxygen atoms in total. The van der Waals surface area contributed by atoms with E-state index in [-0.39, 0.29) is 5.97 Å². The van der Waals surface area contributed by atoms with E-state index in [4.69, 9.17) is 4.74 Å². The Morgan fingerprint density at radius 1 is 1.45 bits per heavy atom. The highest BCUT2D eigenvalue weighted by Gasteiger charge is 2.39. The molecule has 1 saturated carbocycles. The number of nitrogens with zero attached hydrogens (tertiary/aromatic N) is 1. The molecule has 1 fully saturated rings. The summed E-state index contributed by atoms with van der Waals surface area (Å²) in [5, 5.41) is 3.47. The maximum Gasteiger partial charge on any atom is 0.326 e. The van der Waals surface area contributed by atoms with E-state index in [0.717, 1.165) is 25.9 Å². The number of esters is 1. The molecule has 1 aliphatic rings. The summed E-state index contributed by atoms with van der Waals surface area (Å²) in [5.41, 5.74) is -0.518. The van der Waals surface area contributed by atoms with Crippen molar-refractivity contribution in [3.63, 3.8) is 0 Å². The molecule has 0 radical (unpaired) electrons. The zero-order chi connectivity index (χ0) is 15.2. The van der Waals surface area contributed by atoms with Crippen molar-refractivity contribution in [3.8, 4) is 0 Å². The Balaban J connectivity index is 2.41. The van der Waals surface area contributed by atoms with E-state index in [1.807, 2.05) is 13.8 Å². The van der Waals surface area contributed by atoms with Crippen LogP contribution in [0.1, 0.15) is 53.4 Å². The Bertz CT molecular complexity index is 303. The van der Waals surface area contributed by atoms with Crippen LogP contribution < -0.4 is 5.32 Å². The number of ether oxygens (including phenoxy) is 1. The fraction of sp³-hybridized carbons (Fsp3) is 0.938. The highest BCUT2D eigenvalue weighted by molar-refractivity contribution is 5.80. The number of nitrogens with one attached hydrogen (secondary N) is 1. The molecule has 0 bridgehead atoms. The third-order valence-corrected chi connectivity index (χ3v) is 3.72. The molecule has 20 heavy (non-hydrogen) atoms. The molecule has 0 spiro atoms. The first-order valence-corrected chi connectivity index (χ1v) is 8.01. The Kier molecular flexibility index (Phi) is 6.96. The molecule has 0 saturated heterocycles. The lowest BCUT2D eigenvalue weighted by atomic mass is 9.95. The molecule has 0 aromatic carbocycles. The SMILES string of the molecule is CCOC(=O)C(C)(CCCN(C)CC(C)C)NC1CC1. The lowest BCUT2D eigenvalue weighted by Crippen LogP contribution is -2.51. The van der Waals surface area contributed by atoms with Crippen molar-refractivity contribution in [2.24, 2.45) is 5.92 Å². The van der Waals surface area contributed by atoms with Crippen molar-refractivity contribution in [2.45, 2.75) is 65.0 Å². The van der Waals surface area contributed by atoms with Crippen LogP contribution in [-0.2, 0) is 9.53 Å². The Labute approximate surface area is 124 Å². The van der Waals surface area contributed by atoms with Crippen LogP contribution in [0.5, 0.6) is 0 Å². The van der Waals surface area contributed by atoms with E-state index < -0.39 is 5.54 Å². The average Bonchev–Trinajstić information content (AvgIpc) is 3.12. The van der Waals surface area contributed by atoms with Crippen LogP contribution in [0.25, 0.3) is 0 Å². The van der Waals surface area contributed by atoms with Crippen molar-refractivity contribution in [1.29, 1.82) is 0 Å². The van der Waals surface area contributed by atoms with Crippen LogP contribution in [0.3, 0.4) is 0 Å². The summed E-state index contributed by atoms with van der Waals surface area (Å²) in [6.45, 7) is 10.9. The molecule has 0 aromatic rings. The van der Waals surface area contributed by atoms with Crippen LogP contribution in [0.15, 0.2) is 0 Å². The fourth-order valence-electron chi connectivity index (χ4n) is 2.62. The molecular formula is C16H32N2O2. The van der Waals surface area contributed by atoms with Gasteiger partial charge < -0.3 is 9.64 Å². The first-order valence-electron chi connectivity index (χ1n) is 8.01.